The van der Waals surface area contributed by atoms with Crippen LogP contribution in [0.3, 0.4) is 0 Å². The number of hydrogen-bond donors (Lipinski definition) is 0. The summed E-state index contributed by atoms with van der Waals surface area (Å²) in [5.41, 5.74) is 1.63. The van der Waals surface area contributed by atoms with Crippen LogP contribution < -0.4 is 4.90 Å². The van der Waals surface area contributed by atoms with Gasteiger partial charge in [0.2, 0.25) is 0 Å². The maximum Gasteiger partial charge on any atom is 0.278 e. The lowest BCUT2D eigenvalue weighted by Gasteiger charge is -2.29. The maximum absolute atomic E-state index is 14.2. The second-order valence-electron chi connectivity index (χ2n) is 5.66. The number of hydrogen-bond acceptors (Lipinski definition) is 3. The average molecular weight is 325 g/mol. The van der Waals surface area contributed by atoms with E-state index in [1.807, 2.05) is 6.07 Å². The number of carbonyl (C=O) groups is 1. The summed E-state index contributed by atoms with van der Waals surface area (Å²) < 4.78 is 28.2. The zero-order chi connectivity index (χ0) is 16.7. The first-order valence-electron chi connectivity index (χ1n) is 7.65. The van der Waals surface area contributed by atoms with Crippen molar-refractivity contribution in [3.8, 4) is 0 Å². The van der Waals surface area contributed by atoms with Crippen LogP contribution in [0.5, 0.6) is 0 Å². The zero-order valence-corrected chi connectivity index (χ0v) is 12.7. The standard InChI is InChI=1S/C18H13F2N3O/c19-12-7-8-13(20)17-11(12)4-3-9-23(17)18(24)16-10-21-14-5-1-2-6-15(14)22-16/h1-2,5-8,10H,3-4,9H2. The van der Waals surface area contributed by atoms with Crippen molar-refractivity contribution in [1.29, 1.82) is 0 Å². The first-order valence-corrected chi connectivity index (χ1v) is 7.65. The van der Waals surface area contributed by atoms with E-state index in [1.165, 1.54) is 11.1 Å². The fourth-order valence-corrected chi connectivity index (χ4v) is 3.04. The van der Waals surface area contributed by atoms with Crippen molar-refractivity contribution in [2.45, 2.75) is 12.8 Å². The number of halogens is 2. The van der Waals surface area contributed by atoms with E-state index in [2.05, 4.69) is 9.97 Å². The Bertz CT molecular complexity index is 958. The predicted molar refractivity (Wildman–Crippen MR) is 85.9 cm³/mol. The Hall–Kier alpha value is -2.89. The molecule has 0 saturated carbocycles. The van der Waals surface area contributed by atoms with Crippen LogP contribution in [-0.4, -0.2) is 22.4 Å². The van der Waals surface area contributed by atoms with Crippen LogP contribution in [-0.2, 0) is 6.42 Å². The summed E-state index contributed by atoms with van der Waals surface area (Å²) in [6.45, 7) is 0.320. The molecule has 24 heavy (non-hydrogen) atoms. The first kappa shape index (κ1) is 14.7. The number of benzene rings is 2. The van der Waals surface area contributed by atoms with Gasteiger partial charge in [0.25, 0.3) is 5.91 Å². The van der Waals surface area contributed by atoms with Gasteiger partial charge in [0.05, 0.1) is 22.9 Å². The zero-order valence-electron chi connectivity index (χ0n) is 12.7. The first-order chi connectivity index (χ1) is 11.6. The molecule has 0 fully saturated rings. The second kappa shape index (κ2) is 5.63. The quantitative estimate of drug-likeness (QED) is 0.688. The van der Waals surface area contributed by atoms with Crippen molar-refractivity contribution < 1.29 is 13.6 Å². The van der Waals surface area contributed by atoms with Crippen molar-refractivity contribution in [1.82, 2.24) is 9.97 Å². The molecule has 0 atom stereocenters. The normalized spacial score (nSPS) is 13.8. The molecule has 1 aromatic heterocycles. The molecule has 6 heteroatoms. The van der Waals surface area contributed by atoms with Gasteiger partial charge in [-0.15, -0.1) is 0 Å². The van der Waals surface area contributed by atoms with E-state index in [0.29, 0.717) is 30.4 Å². The van der Waals surface area contributed by atoms with E-state index in [4.69, 9.17) is 0 Å². The van der Waals surface area contributed by atoms with Crippen LogP contribution in [0.2, 0.25) is 0 Å². The third kappa shape index (κ3) is 2.31. The molecule has 120 valence electrons. The van der Waals surface area contributed by atoms with Gasteiger partial charge in [0.1, 0.15) is 17.3 Å². The van der Waals surface area contributed by atoms with Gasteiger partial charge in [-0.1, -0.05) is 12.1 Å². The molecule has 0 spiro atoms. The Balaban J connectivity index is 1.79. The van der Waals surface area contributed by atoms with E-state index in [0.717, 1.165) is 12.1 Å². The summed E-state index contributed by atoms with van der Waals surface area (Å²) in [6.07, 6.45) is 2.35. The highest BCUT2D eigenvalue weighted by Crippen LogP contribution is 2.32. The van der Waals surface area contributed by atoms with Gasteiger partial charge in [0.15, 0.2) is 0 Å². The summed E-state index contributed by atoms with van der Waals surface area (Å²) in [7, 11) is 0. The van der Waals surface area contributed by atoms with Crippen LogP contribution in [0, 0.1) is 11.6 Å². The van der Waals surface area contributed by atoms with Crippen molar-refractivity contribution in [2.75, 3.05) is 11.4 Å². The lowest BCUT2D eigenvalue weighted by Crippen LogP contribution is -2.37. The largest absolute Gasteiger partial charge is 0.304 e. The Morgan fingerprint density at radius 1 is 1.04 bits per heavy atom. The van der Waals surface area contributed by atoms with Gasteiger partial charge in [-0.2, -0.15) is 0 Å². The minimum absolute atomic E-state index is 0.0150. The number of amides is 1. The number of rotatable bonds is 1. The topological polar surface area (TPSA) is 46.1 Å². The van der Waals surface area contributed by atoms with Crippen LogP contribution in [0.15, 0.2) is 42.6 Å². The number of nitrogens with zero attached hydrogens (tertiary/aromatic N) is 3. The molecule has 1 aliphatic rings. The van der Waals surface area contributed by atoms with Crippen molar-refractivity contribution in [3.63, 3.8) is 0 Å². The SMILES string of the molecule is O=C(c1cnc2ccccc2n1)N1CCCc2c(F)ccc(F)c21. The molecule has 0 radical (unpaired) electrons. The second-order valence-corrected chi connectivity index (χ2v) is 5.66. The van der Waals surface area contributed by atoms with E-state index in [-0.39, 0.29) is 16.9 Å². The highest BCUT2D eigenvalue weighted by atomic mass is 19.1. The highest BCUT2D eigenvalue weighted by Gasteiger charge is 2.29. The number of carbonyl (C=O) groups excluding carboxylic acids is 1. The molecule has 2 heterocycles. The minimum Gasteiger partial charge on any atom is -0.304 e. The number of fused-ring (bicyclic) bond motifs is 2. The Morgan fingerprint density at radius 3 is 2.62 bits per heavy atom. The molecule has 2 aromatic carbocycles. The lowest BCUT2D eigenvalue weighted by molar-refractivity contribution is 0.0979. The van der Waals surface area contributed by atoms with Gasteiger partial charge in [0, 0.05) is 12.1 Å². The maximum atomic E-state index is 14.2. The summed E-state index contributed by atoms with van der Waals surface area (Å²) in [4.78, 5) is 22.6. The summed E-state index contributed by atoms with van der Waals surface area (Å²) >= 11 is 0. The number of para-hydroxylation sites is 2. The van der Waals surface area contributed by atoms with Crippen LogP contribution in [0.25, 0.3) is 11.0 Å². The molecule has 0 bridgehead atoms. The van der Waals surface area contributed by atoms with Gasteiger partial charge < -0.3 is 4.90 Å². The smallest absolute Gasteiger partial charge is 0.278 e. The molecular formula is C18H13F2N3O. The molecule has 1 aliphatic heterocycles. The van der Waals surface area contributed by atoms with Gasteiger partial charge in [-0.05, 0) is 37.1 Å². The average Bonchev–Trinajstić information content (AvgIpc) is 2.63. The number of anilines is 1. The third-order valence-electron chi connectivity index (χ3n) is 4.17. The molecule has 0 aliphatic carbocycles. The Labute approximate surface area is 136 Å². The van der Waals surface area contributed by atoms with Crippen molar-refractivity contribution in [2.24, 2.45) is 0 Å². The summed E-state index contributed by atoms with van der Waals surface area (Å²) in [5.74, 6) is -1.57. The van der Waals surface area contributed by atoms with Crippen molar-refractivity contribution in [3.05, 3.63) is 65.5 Å². The predicted octanol–water partition coefficient (Wildman–Crippen LogP) is 3.50. The molecule has 3 aromatic rings. The van der Waals surface area contributed by atoms with Crippen LogP contribution >= 0.6 is 0 Å². The van der Waals surface area contributed by atoms with E-state index in [1.54, 1.807) is 18.2 Å². The molecule has 0 N–H and O–H groups in total. The fraction of sp³-hybridized carbons (Fsp3) is 0.167. The van der Waals surface area contributed by atoms with Gasteiger partial charge >= 0.3 is 0 Å². The molecule has 4 nitrogen and oxygen atoms in total. The summed E-state index contributed by atoms with van der Waals surface area (Å²) in [6, 6.07) is 9.32. The number of aromatic nitrogens is 2. The van der Waals surface area contributed by atoms with Gasteiger partial charge in [-0.3, -0.25) is 9.78 Å². The van der Waals surface area contributed by atoms with Crippen LogP contribution in [0.1, 0.15) is 22.5 Å². The molecule has 4 rings (SSSR count). The van der Waals surface area contributed by atoms with Gasteiger partial charge in [-0.25, -0.2) is 13.8 Å². The monoisotopic (exact) mass is 325 g/mol. The molecule has 0 saturated heterocycles. The van der Waals surface area contributed by atoms with E-state index < -0.39 is 17.5 Å². The van der Waals surface area contributed by atoms with E-state index >= 15 is 0 Å². The minimum atomic E-state index is -0.604. The molecule has 0 unspecified atom stereocenters. The van der Waals surface area contributed by atoms with Crippen molar-refractivity contribution >= 4 is 22.6 Å². The third-order valence-corrected chi connectivity index (χ3v) is 4.17. The van der Waals surface area contributed by atoms with Crippen LogP contribution in [0.4, 0.5) is 14.5 Å². The molecule has 1 amide bonds. The molecular weight excluding hydrogens is 312 g/mol. The Morgan fingerprint density at radius 2 is 1.79 bits per heavy atom. The Kier molecular flexibility index (Phi) is 3.45. The fourth-order valence-electron chi connectivity index (χ4n) is 3.04. The summed E-state index contributed by atoms with van der Waals surface area (Å²) in [5, 5.41) is 0. The lowest BCUT2D eigenvalue weighted by atomic mass is 10.00. The highest BCUT2D eigenvalue weighted by molar-refractivity contribution is 6.06. The van der Waals surface area contributed by atoms with E-state index in [9.17, 15) is 13.6 Å².